The van der Waals surface area contributed by atoms with Gasteiger partial charge in [-0.2, -0.15) is 0 Å². The fourth-order valence-electron chi connectivity index (χ4n) is 1.36. The van der Waals surface area contributed by atoms with Crippen LogP contribution in [0.1, 0.15) is 23.4 Å². The molecular weight excluding hydrogens is 208 g/mol. The topological polar surface area (TPSA) is 78.7 Å². The summed E-state index contributed by atoms with van der Waals surface area (Å²) in [5, 5.41) is 3.08. The van der Waals surface area contributed by atoms with E-state index in [1.54, 1.807) is 12.1 Å². The standard InChI is InChI=1S/C10H14N4O2/c15-9(8-4-3-7-16-8)13-14-10-11-5-1-2-6-12-10/h3-4,7H,1-2,5-6H2,(H,13,15)(H2,11,12,14). The molecule has 0 saturated heterocycles. The molecule has 0 spiro atoms. The van der Waals surface area contributed by atoms with E-state index < -0.39 is 0 Å². The first kappa shape index (κ1) is 10.5. The van der Waals surface area contributed by atoms with Crippen LogP contribution in [0.2, 0.25) is 0 Å². The van der Waals surface area contributed by atoms with Crippen LogP contribution in [0.5, 0.6) is 0 Å². The maximum atomic E-state index is 11.5. The van der Waals surface area contributed by atoms with Crippen molar-refractivity contribution in [1.82, 2.24) is 16.2 Å². The minimum Gasteiger partial charge on any atom is -0.459 e. The van der Waals surface area contributed by atoms with E-state index in [1.165, 1.54) is 6.26 Å². The van der Waals surface area contributed by atoms with E-state index in [0.717, 1.165) is 25.9 Å². The molecule has 1 aromatic rings. The Bertz CT molecular complexity index is 372. The second-order valence-electron chi connectivity index (χ2n) is 3.42. The van der Waals surface area contributed by atoms with Gasteiger partial charge in [0.1, 0.15) is 0 Å². The molecule has 16 heavy (non-hydrogen) atoms. The maximum Gasteiger partial charge on any atom is 0.305 e. The molecule has 3 N–H and O–H groups in total. The first-order valence-corrected chi connectivity index (χ1v) is 5.24. The van der Waals surface area contributed by atoms with Crippen LogP contribution < -0.4 is 16.2 Å². The summed E-state index contributed by atoms with van der Waals surface area (Å²) in [5.74, 6) is 0.540. The molecule has 0 saturated carbocycles. The number of carbonyl (C=O) groups excluding carboxylic acids is 1. The van der Waals surface area contributed by atoms with E-state index in [1.807, 2.05) is 0 Å². The van der Waals surface area contributed by atoms with Crippen LogP contribution in [0, 0.1) is 0 Å². The second-order valence-corrected chi connectivity index (χ2v) is 3.42. The van der Waals surface area contributed by atoms with Gasteiger partial charge in [0.15, 0.2) is 5.76 Å². The molecule has 2 heterocycles. The number of furan rings is 1. The van der Waals surface area contributed by atoms with E-state index in [-0.39, 0.29) is 11.7 Å². The van der Waals surface area contributed by atoms with Gasteiger partial charge in [-0.25, -0.2) is 0 Å². The Morgan fingerprint density at radius 3 is 3.25 bits per heavy atom. The lowest BCUT2D eigenvalue weighted by atomic mass is 10.3. The molecule has 1 amide bonds. The number of hydrogen-bond donors (Lipinski definition) is 3. The number of carbonyl (C=O) groups is 1. The molecule has 1 aliphatic heterocycles. The van der Waals surface area contributed by atoms with Crippen molar-refractivity contribution in [3.8, 4) is 0 Å². The summed E-state index contributed by atoms with van der Waals surface area (Å²) in [6.07, 6.45) is 3.60. The number of rotatable bonds is 1. The average Bonchev–Trinajstić information content (AvgIpc) is 2.71. The fraction of sp³-hybridized carbons (Fsp3) is 0.400. The zero-order valence-electron chi connectivity index (χ0n) is 8.82. The van der Waals surface area contributed by atoms with Gasteiger partial charge in [-0.1, -0.05) is 0 Å². The van der Waals surface area contributed by atoms with Crippen molar-refractivity contribution in [2.75, 3.05) is 13.1 Å². The smallest absolute Gasteiger partial charge is 0.305 e. The van der Waals surface area contributed by atoms with Crippen LogP contribution in [0.15, 0.2) is 27.8 Å². The van der Waals surface area contributed by atoms with Crippen molar-refractivity contribution >= 4 is 11.9 Å². The Morgan fingerprint density at radius 1 is 1.50 bits per heavy atom. The summed E-state index contributed by atoms with van der Waals surface area (Å²) in [6.45, 7) is 1.63. The van der Waals surface area contributed by atoms with Gasteiger partial charge < -0.3 is 9.73 Å². The Labute approximate surface area is 93.1 Å². The van der Waals surface area contributed by atoms with Gasteiger partial charge in [0.2, 0.25) is 5.96 Å². The number of amides is 1. The Balaban J connectivity index is 1.82. The number of nitrogens with zero attached hydrogens (tertiary/aromatic N) is 1. The van der Waals surface area contributed by atoms with Crippen LogP contribution in [0.3, 0.4) is 0 Å². The van der Waals surface area contributed by atoms with Gasteiger partial charge >= 0.3 is 5.91 Å². The van der Waals surface area contributed by atoms with Crippen molar-refractivity contribution in [1.29, 1.82) is 0 Å². The second kappa shape index (κ2) is 5.20. The van der Waals surface area contributed by atoms with Gasteiger partial charge in [-0.05, 0) is 25.0 Å². The minimum absolute atomic E-state index is 0.265. The minimum atomic E-state index is -0.321. The first-order chi connectivity index (χ1) is 7.86. The molecule has 1 aliphatic rings. The third kappa shape index (κ3) is 2.75. The monoisotopic (exact) mass is 222 g/mol. The molecule has 0 atom stereocenters. The van der Waals surface area contributed by atoms with E-state index in [0.29, 0.717) is 5.96 Å². The summed E-state index contributed by atoms with van der Waals surface area (Å²) in [7, 11) is 0. The first-order valence-electron chi connectivity index (χ1n) is 5.24. The quantitative estimate of drug-likeness (QED) is 0.595. The molecule has 6 nitrogen and oxygen atoms in total. The number of guanidine groups is 1. The number of aliphatic imine (C=N–C) groups is 1. The van der Waals surface area contributed by atoms with Crippen molar-refractivity contribution in [3.63, 3.8) is 0 Å². The predicted molar refractivity (Wildman–Crippen MR) is 58.8 cm³/mol. The van der Waals surface area contributed by atoms with Crippen LogP contribution in [0.25, 0.3) is 0 Å². The zero-order valence-corrected chi connectivity index (χ0v) is 8.82. The van der Waals surface area contributed by atoms with Crippen LogP contribution in [-0.2, 0) is 0 Å². The maximum absolute atomic E-state index is 11.5. The molecule has 6 heteroatoms. The molecule has 2 rings (SSSR count). The summed E-state index contributed by atoms with van der Waals surface area (Å²) in [4.78, 5) is 15.7. The number of hydrazine groups is 1. The fourth-order valence-corrected chi connectivity index (χ4v) is 1.36. The lowest BCUT2D eigenvalue weighted by Gasteiger charge is -2.09. The highest BCUT2D eigenvalue weighted by Crippen LogP contribution is 1.98. The zero-order chi connectivity index (χ0) is 11.2. The van der Waals surface area contributed by atoms with E-state index in [4.69, 9.17) is 4.42 Å². The number of nitrogens with one attached hydrogen (secondary N) is 3. The molecule has 0 unspecified atom stereocenters. The molecular formula is C10H14N4O2. The molecule has 0 fully saturated rings. The van der Waals surface area contributed by atoms with Crippen LogP contribution in [-0.4, -0.2) is 25.0 Å². The Kier molecular flexibility index (Phi) is 3.42. The molecule has 1 aromatic heterocycles. The van der Waals surface area contributed by atoms with Crippen LogP contribution in [0.4, 0.5) is 0 Å². The van der Waals surface area contributed by atoms with Crippen molar-refractivity contribution < 1.29 is 9.21 Å². The van der Waals surface area contributed by atoms with Gasteiger partial charge in [0.25, 0.3) is 0 Å². The molecule has 0 bridgehead atoms. The third-order valence-electron chi connectivity index (χ3n) is 2.19. The summed E-state index contributed by atoms with van der Waals surface area (Å²) >= 11 is 0. The van der Waals surface area contributed by atoms with Gasteiger partial charge in [0, 0.05) is 13.1 Å². The van der Waals surface area contributed by atoms with Crippen LogP contribution >= 0.6 is 0 Å². The summed E-state index contributed by atoms with van der Waals surface area (Å²) < 4.78 is 4.95. The molecule has 0 aromatic carbocycles. The molecule has 86 valence electrons. The number of hydrogen-bond acceptors (Lipinski definition) is 5. The van der Waals surface area contributed by atoms with E-state index in [2.05, 4.69) is 21.2 Å². The lowest BCUT2D eigenvalue weighted by molar-refractivity contribution is 0.0915. The highest BCUT2D eigenvalue weighted by molar-refractivity contribution is 5.93. The normalized spacial score (nSPS) is 15.6. The molecule has 0 aliphatic carbocycles. The highest BCUT2D eigenvalue weighted by atomic mass is 16.3. The summed E-state index contributed by atoms with van der Waals surface area (Å²) in [6, 6.07) is 3.26. The Hall–Kier alpha value is -1.98. The third-order valence-corrected chi connectivity index (χ3v) is 2.19. The molecule has 0 radical (unpaired) electrons. The van der Waals surface area contributed by atoms with Crippen molar-refractivity contribution in [2.45, 2.75) is 12.8 Å². The SMILES string of the molecule is O=C(NNC1=NCCCCN1)c1ccco1. The van der Waals surface area contributed by atoms with Gasteiger partial charge in [-0.15, -0.1) is 0 Å². The predicted octanol–water partition coefficient (Wildman–Crippen LogP) is 0.253. The van der Waals surface area contributed by atoms with Crippen molar-refractivity contribution in [2.24, 2.45) is 4.99 Å². The largest absolute Gasteiger partial charge is 0.459 e. The van der Waals surface area contributed by atoms with Gasteiger partial charge in [0.05, 0.1) is 6.26 Å². The lowest BCUT2D eigenvalue weighted by Crippen LogP contribution is -2.47. The Morgan fingerprint density at radius 2 is 2.44 bits per heavy atom. The summed E-state index contributed by atoms with van der Waals surface area (Å²) in [5.41, 5.74) is 5.24. The van der Waals surface area contributed by atoms with Gasteiger partial charge in [-0.3, -0.25) is 20.6 Å². The highest BCUT2D eigenvalue weighted by Gasteiger charge is 2.09. The van der Waals surface area contributed by atoms with E-state index >= 15 is 0 Å². The van der Waals surface area contributed by atoms with Crippen molar-refractivity contribution in [3.05, 3.63) is 24.2 Å². The van der Waals surface area contributed by atoms with E-state index in [9.17, 15) is 4.79 Å². The average molecular weight is 222 g/mol.